The molecule has 1 fully saturated rings. The fourth-order valence-electron chi connectivity index (χ4n) is 2.75. The molecule has 4 nitrogen and oxygen atoms in total. The Morgan fingerprint density at radius 2 is 1.89 bits per heavy atom. The highest BCUT2D eigenvalue weighted by Gasteiger charge is 2.22. The van der Waals surface area contributed by atoms with Gasteiger partial charge in [-0.15, -0.1) is 0 Å². The lowest BCUT2D eigenvalue weighted by Crippen LogP contribution is -2.31. The van der Waals surface area contributed by atoms with E-state index in [-0.39, 0.29) is 0 Å². The molecule has 19 heavy (non-hydrogen) atoms. The summed E-state index contributed by atoms with van der Waals surface area (Å²) in [6.45, 7) is 2.62. The van der Waals surface area contributed by atoms with Crippen molar-refractivity contribution in [2.24, 2.45) is 11.1 Å². The van der Waals surface area contributed by atoms with Crippen LogP contribution in [0.5, 0.6) is 0 Å². The van der Waals surface area contributed by atoms with Gasteiger partial charge in [-0.2, -0.15) is 0 Å². The molecule has 0 heterocycles. The number of primary sulfonamides is 1. The normalized spacial score (nSPS) is 19.5. The van der Waals surface area contributed by atoms with E-state index in [1.165, 1.54) is 32.1 Å². The molecule has 1 rings (SSSR count). The SMILES string of the molecule is CCCCCC(OCCC1CCCCC1)S(N)(=O)=O. The van der Waals surface area contributed by atoms with Crippen molar-refractivity contribution in [3.05, 3.63) is 0 Å². The van der Waals surface area contributed by atoms with Crippen LogP contribution in [0.15, 0.2) is 0 Å². The summed E-state index contributed by atoms with van der Waals surface area (Å²) in [6, 6.07) is 0. The van der Waals surface area contributed by atoms with Crippen LogP contribution in [0.4, 0.5) is 0 Å². The summed E-state index contributed by atoms with van der Waals surface area (Å²) in [6.07, 6.45) is 10.9. The Hall–Kier alpha value is -0.130. The van der Waals surface area contributed by atoms with Crippen LogP contribution in [0.1, 0.15) is 71.1 Å². The van der Waals surface area contributed by atoms with Crippen LogP contribution in [0.3, 0.4) is 0 Å². The van der Waals surface area contributed by atoms with E-state index in [2.05, 4.69) is 6.92 Å². The van der Waals surface area contributed by atoms with Crippen molar-refractivity contribution in [2.75, 3.05) is 6.61 Å². The molecule has 0 aliphatic heterocycles. The van der Waals surface area contributed by atoms with Crippen molar-refractivity contribution in [3.8, 4) is 0 Å². The number of hydrogen-bond acceptors (Lipinski definition) is 3. The summed E-state index contributed by atoms with van der Waals surface area (Å²) >= 11 is 0. The maximum absolute atomic E-state index is 11.5. The molecular weight excluding hydrogens is 262 g/mol. The topological polar surface area (TPSA) is 69.4 Å². The minimum Gasteiger partial charge on any atom is -0.361 e. The average Bonchev–Trinajstić information content (AvgIpc) is 2.37. The highest BCUT2D eigenvalue weighted by Crippen LogP contribution is 2.26. The number of unbranched alkanes of at least 4 members (excludes halogenated alkanes) is 2. The second-order valence-corrected chi connectivity index (χ2v) is 7.38. The first-order valence-electron chi connectivity index (χ1n) is 7.67. The van der Waals surface area contributed by atoms with Gasteiger partial charge >= 0.3 is 0 Å². The third-order valence-corrected chi connectivity index (χ3v) is 5.07. The first kappa shape index (κ1) is 16.9. The van der Waals surface area contributed by atoms with Crippen LogP contribution < -0.4 is 5.14 Å². The maximum Gasteiger partial charge on any atom is 0.236 e. The first-order chi connectivity index (χ1) is 9.04. The number of nitrogens with two attached hydrogens (primary N) is 1. The van der Waals surface area contributed by atoms with Crippen LogP contribution in [0, 0.1) is 5.92 Å². The zero-order chi connectivity index (χ0) is 14.1. The van der Waals surface area contributed by atoms with E-state index in [0.29, 0.717) is 18.9 Å². The summed E-state index contributed by atoms with van der Waals surface area (Å²) in [7, 11) is -3.57. The van der Waals surface area contributed by atoms with Gasteiger partial charge in [0.05, 0.1) is 0 Å². The molecule has 0 aromatic rings. The van der Waals surface area contributed by atoms with E-state index in [1.54, 1.807) is 0 Å². The Morgan fingerprint density at radius 1 is 1.21 bits per heavy atom. The molecule has 0 bridgehead atoms. The van der Waals surface area contributed by atoms with Gasteiger partial charge in [0, 0.05) is 6.61 Å². The number of ether oxygens (including phenoxy) is 1. The molecule has 0 aromatic heterocycles. The van der Waals surface area contributed by atoms with E-state index < -0.39 is 15.5 Å². The molecule has 0 amide bonds. The molecule has 2 N–H and O–H groups in total. The van der Waals surface area contributed by atoms with Crippen molar-refractivity contribution < 1.29 is 13.2 Å². The summed E-state index contributed by atoms with van der Waals surface area (Å²) in [5.41, 5.74) is -0.803. The third-order valence-electron chi connectivity index (χ3n) is 3.96. The molecule has 1 unspecified atom stereocenters. The molecule has 0 aromatic carbocycles. The van der Waals surface area contributed by atoms with Crippen molar-refractivity contribution in [1.82, 2.24) is 0 Å². The summed E-state index contributed by atoms with van der Waals surface area (Å²) in [5.74, 6) is 0.713. The minimum atomic E-state index is -3.57. The fourth-order valence-corrected chi connectivity index (χ4v) is 3.53. The molecule has 5 heteroatoms. The van der Waals surface area contributed by atoms with Crippen molar-refractivity contribution in [2.45, 2.75) is 76.6 Å². The Balaban J connectivity index is 2.27. The number of sulfonamides is 1. The zero-order valence-electron chi connectivity index (χ0n) is 12.1. The minimum absolute atomic E-state index is 0.525. The molecular formula is C14H29NO3S. The highest BCUT2D eigenvalue weighted by atomic mass is 32.2. The quantitative estimate of drug-likeness (QED) is 0.663. The van der Waals surface area contributed by atoms with Crippen LogP contribution in [-0.4, -0.2) is 20.5 Å². The second kappa shape index (κ2) is 8.93. The summed E-state index contributed by atoms with van der Waals surface area (Å²) in [5, 5.41) is 5.23. The van der Waals surface area contributed by atoms with Crippen LogP contribution in [0.25, 0.3) is 0 Å². The van der Waals surface area contributed by atoms with E-state index in [0.717, 1.165) is 25.7 Å². The van der Waals surface area contributed by atoms with Crippen LogP contribution >= 0.6 is 0 Å². The molecule has 1 saturated carbocycles. The van der Waals surface area contributed by atoms with Gasteiger partial charge in [-0.3, -0.25) is 0 Å². The fraction of sp³-hybridized carbons (Fsp3) is 1.00. The van der Waals surface area contributed by atoms with Crippen molar-refractivity contribution in [1.29, 1.82) is 0 Å². The lowest BCUT2D eigenvalue weighted by Gasteiger charge is -2.22. The number of rotatable bonds is 9. The van der Waals surface area contributed by atoms with Gasteiger partial charge in [0.25, 0.3) is 0 Å². The van der Waals surface area contributed by atoms with Crippen molar-refractivity contribution >= 4 is 10.0 Å². The molecule has 0 spiro atoms. The van der Waals surface area contributed by atoms with Gasteiger partial charge in [-0.05, 0) is 25.2 Å². The van der Waals surface area contributed by atoms with E-state index in [1.807, 2.05) is 0 Å². The predicted molar refractivity (Wildman–Crippen MR) is 78.2 cm³/mol. The Kier molecular flexibility index (Phi) is 7.95. The summed E-state index contributed by atoms with van der Waals surface area (Å²) < 4.78 is 28.5. The lowest BCUT2D eigenvalue weighted by atomic mass is 9.87. The Bertz CT molecular complexity index is 324. The van der Waals surface area contributed by atoms with Gasteiger partial charge in [0.1, 0.15) is 0 Å². The van der Waals surface area contributed by atoms with E-state index >= 15 is 0 Å². The first-order valence-corrected chi connectivity index (χ1v) is 9.28. The Labute approximate surface area is 118 Å². The molecule has 1 aliphatic carbocycles. The second-order valence-electron chi connectivity index (χ2n) is 5.68. The van der Waals surface area contributed by atoms with Crippen LogP contribution in [0.2, 0.25) is 0 Å². The van der Waals surface area contributed by atoms with Gasteiger partial charge < -0.3 is 4.74 Å². The molecule has 114 valence electrons. The predicted octanol–water partition coefficient (Wildman–Crippen LogP) is 3.17. The average molecular weight is 291 g/mol. The Morgan fingerprint density at radius 3 is 2.47 bits per heavy atom. The third kappa shape index (κ3) is 7.28. The standard InChI is InChI=1S/C14H29NO3S/c1-2-3-5-10-14(19(15,16)17)18-12-11-13-8-6-4-7-9-13/h13-14H,2-12H2,1H3,(H2,15,16,17). The zero-order valence-corrected chi connectivity index (χ0v) is 13.0. The van der Waals surface area contributed by atoms with Crippen molar-refractivity contribution in [3.63, 3.8) is 0 Å². The number of hydrogen-bond donors (Lipinski definition) is 1. The highest BCUT2D eigenvalue weighted by molar-refractivity contribution is 7.89. The van der Waals surface area contributed by atoms with E-state index in [4.69, 9.17) is 9.88 Å². The monoisotopic (exact) mass is 291 g/mol. The van der Waals surface area contributed by atoms with Gasteiger partial charge in [-0.1, -0.05) is 51.9 Å². The molecule has 1 atom stereocenters. The smallest absolute Gasteiger partial charge is 0.236 e. The molecule has 1 aliphatic rings. The van der Waals surface area contributed by atoms with Gasteiger partial charge in [0.15, 0.2) is 5.44 Å². The van der Waals surface area contributed by atoms with Crippen LogP contribution in [-0.2, 0) is 14.8 Å². The largest absolute Gasteiger partial charge is 0.361 e. The maximum atomic E-state index is 11.5. The summed E-state index contributed by atoms with van der Waals surface area (Å²) in [4.78, 5) is 0. The van der Waals surface area contributed by atoms with Gasteiger partial charge in [0.2, 0.25) is 10.0 Å². The van der Waals surface area contributed by atoms with Gasteiger partial charge in [-0.25, -0.2) is 13.6 Å². The molecule has 0 radical (unpaired) electrons. The van der Waals surface area contributed by atoms with E-state index in [9.17, 15) is 8.42 Å². The lowest BCUT2D eigenvalue weighted by molar-refractivity contribution is 0.0821. The molecule has 0 saturated heterocycles.